The molecule has 7 heteroatoms. The molecule has 0 unspecified atom stereocenters. The zero-order valence-corrected chi connectivity index (χ0v) is 18.2. The molecule has 1 aromatic carbocycles. The number of ether oxygens (including phenoxy) is 1. The molecule has 2 aliphatic heterocycles. The first-order chi connectivity index (χ1) is 14.6. The number of benzene rings is 1. The van der Waals surface area contributed by atoms with E-state index in [4.69, 9.17) is 9.72 Å². The highest BCUT2D eigenvalue weighted by atomic mass is 32.1. The van der Waals surface area contributed by atoms with Gasteiger partial charge in [0.05, 0.1) is 17.4 Å². The number of rotatable bonds is 2. The molecule has 0 fully saturated rings. The third-order valence-corrected chi connectivity index (χ3v) is 7.43. The standard InChI is InChI=1S/C23H25N3O3S/c1-14-19-21(24-18-8-4-3-5-11-26(18)22(19)27)30-20(14)23(28)25-12-6-7-15-13-16(29-2)9-10-17(15)25/h9-10,13H,3-8,11-12H2,1-2H3. The van der Waals surface area contributed by atoms with Crippen LogP contribution < -0.4 is 15.2 Å². The lowest BCUT2D eigenvalue weighted by Crippen LogP contribution is -2.35. The van der Waals surface area contributed by atoms with Gasteiger partial charge >= 0.3 is 0 Å². The molecule has 0 bridgehead atoms. The highest BCUT2D eigenvalue weighted by Gasteiger charge is 2.28. The van der Waals surface area contributed by atoms with Gasteiger partial charge in [0.1, 0.15) is 16.4 Å². The summed E-state index contributed by atoms with van der Waals surface area (Å²) in [6, 6.07) is 5.87. The first-order valence-electron chi connectivity index (χ1n) is 10.6. The van der Waals surface area contributed by atoms with Gasteiger partial charge in [0.2, 0.25) is 0 Å². The van der Waals surface area contributed by atoms with Gasteiger partial charge in [-0.1, -0.05) is 6.42 Å². The summed E-state index contributed by atoms with van der Waals surface area (Å²) in [6.45, 7) is 3.28. The number of anilines is 1. The number of aryl methyl sites for hydroxylation is 3. The molecule has 3 aromatic rings. The number of carbonyl (C=O) groups is 1. The average Bonchev–Trinajstić information content (AvgIpc) is 2.93. The van der Waals surface area contributed by atoms with Crippen LogP contribution in [0.3, 0.4) is 0 Å². The van der Waals surface area contributed by atoms with Gasteiger partial charge in [-0.2, -0.15) is 0 Å². The molecule has 6 nitrogen and oxygen atoms in total. The Bertz CT molecular complexity index is 1210. The third kappa shape index (κ3) is 3.03. The zero-order valence-electron chi connectivity index (χ0n) is 17.4. The quantitative estimate of drug-likeness (QED) is 0.623. The van der Waals surface area contributed by atoms with Crippen molar-refractivity contribution in [3.05, 3.63) is 50.4 Å². The SMILES string of the molecule is COc1ccc2c(c1)CCCN2C(=O)c1sc2nc3n(c(=O)c2c1C)CCCCC3. The number of fused-ring (bicyclic) bond motifs is 3. The number of nitrogens with zero attached hydrogens (tertiary/aromatic N) is 3. The summed E-state index contributed by atoms with van der Waals surface area (Å²) in [4.78, 5) is 34.8. The number of hydrogen-bond donors (Lipinski definition) is 0. The Labute approximate surface area is 179 Å². The van der Waals surface area contributed by atoms with E-state index in [1.54, 1.807) is 7.11 Å². The number of carbonyl (C=O) groups excluding carboxylic acids is 1. The fraction of sp³-hybridized carbons (Fsp3) is 0.435. The van der Waals surface area contributed by atoms with Crippen LogP contribution in [0.1, 0.15) is 52.3 Å². The summed E-state index contributed by atoms with van der Waals surface area (Å²) in [5.41, 5.74) is 2.83. The molecule has 0 aliphatic carbocycles. The van der Waals surface area contributed by atoms with E-state index in [0.29, 0.717) is 21.6 Å². The highest BCUT2D eigenvalue weighted by Crippen LogP contribution is 2.35. The number of aromatic nitrogens is 2. The van der Waals surface area contributed by atoms with Crippen LogP contribution in [0.5, 0.6) is 5.75 Å². The molecular weight excluding hydrogens is 398 g/mol. The largest absolute Gasteiger partial charge is 0.497 e. The van der Waals surface area contributed by atoms with Gasteiger partial charge in [0, 0.05) is 25.2 Å². The lowest BCUT2D eigenvalue weighted by Gasteiger charge is -2.29. The maximum atomic E-state index is 13.6. The first kappa shape index (κ1) is 19.3. The fourth-order valence-electron chi connectivity index (χ4n) is 4.65. The summed E-state index contributed by atoms with van der Waals surface area (Å²) >= 11 is 1.36. The second-order valence-corrected chi connectivity index (χ2v) is 9.09. The van der Waals surface area contributed by atoms with Crippen molar-refractivity contribution >= 4 is 33.1 Å². The predicted molar refractivity (Wildman–Crippen MR) is 119 cm³/mol. The molecule has 1 amide bonds. The van der Waals surface area contributed by atoms with Crippen LogP contribution in [0.15, 0.2) is 23.0 Å². The van der Waals surface area contributed by atoms with Gasteiger partial charge in [-0.05, 0) is 61.9 Å². The lowest BCUT2D eigenvalue weighted by molar-refractivity contribution is 0.0988. The van der Waals surface area contributed by atoms with Crippen molar-refractivity contribution in [1.82, 2.24) is 9.55 Å². The van der Waals surface area contributed by atoms with Crippen molar-refractivity contribution in [2.45, 2.75) is 52.0 Å². The Hall–Kier alpha value is -2.67. The third-order valence-electron chi connectivity index (χ3n) is 6.26. The second kappa shape index (κ2) is 7.54. The monoisotopic (exact) mass is 423 g/mol. The van der Waals surface area contributed by atoms with Gasteiger partial charge in [-0.15, -0.1) is 11.3 Å². The van der Waals surface area contributed by atoms with Crippen molar-refractivity contribution in [3.8, 4) is 5.75 Å². The van der Waals surface area contributed by atoms with Crippen molar-refractivity contribution in [1.29, 1.82) is 0 Å². The van der Waals surface area contributed by atoms with Crippen molar-refractivity contribution in [2.24, 2.45) is 0 Å². The molecule has 0 saturated heterocycles. The molecule has 4 heterocycles. The fourth-order valence-corrected chi connectivity index (χ4v) is 5.79. The Morgan fingerprint density at radius 1 is 1.13 bits per heavy atom. The molecule has 0 atom stereocenters. The Kier molecular flexibility index (Phi) is 4.85. The lowest BCUT2D eigenvalue weighted by atomic mass is 10.0. The van der Waals surface area contributed by atoms with Crippen molar-refractivity contribution in [2.75, 3.05) is 18.6 Å². The van der Waals surface area contributed by atoms with Gasteiger partial charge in [0.15, 0.2) is 0 Å². The van der Waals surface area contributed by atoms with E-state index in [9.17, 15) is 9.59 Å². The summed E-state index contributed by atoms with van der Waals surface area (Å²) in [7, 11) is 1.65. The van der Waals surface area contributed by atoms with E-state index >= 15 is 0 Å². The van der Waals surface area contributed by atoms with E-state index in [2.05, 4.69) is 0 Å². The summed E-state index contributed by atoms with van der Waals surface area (Å²) < 4.78 is 7.17. The molecule has 0 radical (unpaired) electrons. The number of amides is 1. The van der Waals surface area contributed by atoms with Crippen LogP contribution in [0.4, 0.5) is 5.69 Å². The Balaban J connectivity index is 1.59. The number of hydrogen-bond acceptors (Lipinski definition) is 5. The molecule has 156 valence electrons. The molecule has 0 saturated carbocycles. The van der Waals surface area contributed by atoms with Crippen LogP contribution in [-0.2, 0) is 19.4 Å². The Morgan fingerprint density at radius 3 is 2.83 bits per heavy atom. The minimum Gasteiger partial charge on any atom is -0.497 e. The maximum absolute atomic E-state index is 13.6. The minimum absolute atomic E-state index is 0.00785. The van der Waals surface area contributed by atoms with Crippen LogP contribution in [0.25, 0.3) is 10.2 Å². The van der Waals surface area contributed by atoms with E-state index in [0.717, 1.165) is 73.5 Å². The summed E-state index contributed by atoms with van der Waals surface area (Å²) in [5, 5.41) is 0.612. The second-order valence-electron chi connectivity index (χ2n) is 8.09. The van der Waals surface area contributed by atoms with E-state index in [1.807, 2.05) is 34.6 Å². The van der Waals surface area contributed by atoms with Gasteiger partial charge in [-0.25, -0.2) is 4.98 Å². The predicted octanol–water partition coefficient (Wildman–Crippen LogP) is 4.09. The maximum Gasteiger partial charge on any atom is 0.268 e. The van der Waals surface area contributed by atoms with Gasteiger partial charge < -0.3 is 9.64 Å². The first-order valence-corrected chi connectivity index (χ1v) is 11.4. The van der Waals surface area contributed by atoms with Crippen LogP contribution >= 0.6 is 11.3 Å². The minimum atomic E-state index is -0.0405. The normalized spacial score (nSPS) is 16.1. The van der Waals surface area contributed by atoms with Crippen LogP contribution in [0.2, 0.25) is 0 Å². The number of methoxy groups -OCH3 is 1. The summed E-state index contributed by atoms with van der Waals surface area (Å²) in [6.07, 6.45) is 5.85. The van der Waals surface area contributed by atoms with E-state index in [1.165, 1.54) is 11.3 Å². The van der Waals surface area contributed by atoms with Gasteiger partial charge in [0.25, 0.3) is 11.5 Å². The molecule has 0 N–H and O–H groups in total. The molecule has 30 heavy (non-hydrogen) atoms. The molecule has 5 rings (SSSR count). The summed E-state index contributed by atoms with van der Waals surface area (Å²) in [5.74, 6) is 1.63. The molecule has 2 aromatic heterocycles. The highest BCUT2D eigenvalue weighted by molar-refractivity contribution is 7.20. The zero-order chi connectivity index (χ0) is 20.8. The Morgan fingerprint density at radius 2 is 2.00 bits per heavy atom. The van der Waals surface area contributed by atoms with Crippen molar-refractivity contribution in [3.63, 3.8) is 0 Å². The van der Waals surface area contributed by atoms with Crippen molar-refractivity contribution < 1.29 is 9.53 Å². The topological polar surface area (TPSA) is 64.4 Å². The average molecular weight is 424 g/mol. The smallest absolute Gasteiger partial charge is 0.268 e. The van der Waals surface area contributed by atoms with Crippen LogP contribution in [-0.4, -0.2) is 29.1 Å². The molecule has 2 aliphatic rings. The number of thiophene rings is 1. The van der Waals surface area contributed by atoms with Gasteiger partial charge in [-0.3, -0.25) is 14.2 Å². The van der Waals surface area contributed by atoms with E-state index < -0.39 is 0 Å². The van der Waals surface area contributed by atoms with E-state index in [-0.39, 0.29) is 11.5 Å². The van der Waals surface area contributed by atoms with Crippen LogP contribution in [0, 0.1) is 6.92 Å². The molecular formula is C23H25N3O3S. The molecule has 0 spiro atoms.